The minimum Gasteiger partial charge on any atom is -0.482 e. The second-order valence-corrected chi connectivity index (χ2v) is 6.56. The van der Waals surface area contributed by atoms with Gasteiger partial charge >= 0.3 is 0 Å². The molecule has 0 spiro atoms. The highest BCUT2D eigenvalue weighted by molar-refractivity contribution is 6.04. The summed E-state index contributed by atoms with van der Waals surface area (Å²) in [6.07, 6.45) is 4.31. The molecule has 0 unspecified atom stereocenters. The van der Waals surface area contributed by atoms with Crippen LogP contribution in [0.3, 0.4) is 0 Å². The molecule has 1 aromatic rings. The van der Waals surface area contributed by atoms with Gasteiger partial charge in [0.05, 0.1) is 5.56 Å². The van der Waals surface area contributed by atoms with Crippen LogP contribution in [0.15, 0.2) is 18.2 Å². The first-order chi connectivity index (χ1) is 9.69. The topological polar surface area (TPSA) is 43.4 Å². The van der Waals surface area contributed by atoms with Gasteiger partial charge < -0.3 is 4.74 Å². The second-order valence-electron chi connectivity index (χ2n) is 6.56. The average molecular weight is 286 g/mol. The SMILES string of the molecule is CC(=O)c1cc2c(c(C(=O)CC(C)C)c1)OC(C)(C)C=C2. The molecule has 0 N–H and O–H groups in total. The van der Waals surface area contributed by atoms with E-state index in [1.165, 1.54) is 6.92 Å². The van der Waals surface area contributed by atoms with Crippen molar-refractivity contribution in [2.24, 2.45) is 5.92 Å². The van der Waals surface area contributed by atoms with Crippen LogP contribution < -0.4 is 4.74 Å². The van der Waals surface area contributed by atoms with Gasteiger partial charge in [0.2, 0.25) is 0 Å². The first-order valence-electron chi connectivity index (χ1n) is 7.30. The highest BCUT2D eigenvalue weighted by Crippen LogP contribution is 2.36. The van der Waals surface area contributed by atoms with Crippen molar-refractivity contribution in [3.05, 3.63) is 34.9 Å². The van der Waals surface area contributed by atoms with Crippen LogP contribution in [0.25, 0.3) is 6.08 Å². The standard InChI is InChI=1S/C18H22O3/c1-11(2)8-16(20)15-10-14(12(3)19)9-13-6-7-18(4,5)21-17(13)15/h6-7,9-11H,8H2,1-5H3. The summed E-state index contributed by atoms with van der Waals surface area (Å²) in [6.45, 7) is 9.41. The Balaban J connectivity index is 2.57. The fourth-order valence-corrected chi connectivity index (χ4v) is 2.37. The number of ether oxygens (including phenoxy) is 1. The number of carbonyl (C=O) groups is 2. The van der Waals surface area contributed by atoms with Crippen molar-refractivity contribution >= 4 is 17.6 Å². The summed E-state index contributed by atoms with van der Waals surface area (Å²) in [7, 11) is 0. The Kier molecular flexibility index (Phi) is 4.04. The smallest absolute Gasteiger partial charge is 0.166 e. The molecule has 0 aliphatic carbocycles. The van der Waals surface area contributed by atoms with Crippen molar-refractivity contribution in [1.29, 1.82) is 0 Å². The van der Waals surface area contributed by atoms with Gasteiger partial charge in [0.25, 0.3) is 0 Å². The predicted molar refractivity (Wildman–Crippen MR) is 84.0 cm³/mol. The summed E-state index contributed by atoms with van der Waals surface area (Å²) in [4.78, 5) is 24.2. The fraction of sp³-hybridized carbons (Fsp3) is 0.444. The quantitative estimate of drug-likeness (QED) is 0.775. The molecule has 0 bridgehead atoms. The minimum absolute atomic E-state index is 0.0236. The molecule has 0 atom stereocenters. The lowest BCUT2D eigenvalue weighted by molar-refractivity contribution is 0.0955. The molecule has 1 aliphatic rings. The summed E-state index contributed by atoms with van der Waals surface area (Å²) >= 11 is 0. The molecule has 1 aromatic carbocycles. The zero-order chi connectivity index (χ0) is 15.8. The zero-order valence-electron chi connectivity index (χ0n) is 13.3. The van der Waals surface area contributed by atoms with E-state index in [-0.39, 0.29) is 17.5 Å². The van der Waals surface area contributed by atoms with Gasteiger partial charge in [-0.1, -0.05) is 19.9 Å². The van der Waals surface area contributed by atoms with Gasteiger partial charge in [-0.2, -0.15) is 0 Å². The number of hydrogen-bond acceptors (Lipinski definition) is 3. The van der Waals surface area contributed by atoms with Gasteiger partial charge in [0.1, 0.15) is 11.4 Å². The van der Waals surface area contributed by atoms with Crippen LogP contribution in [0, 0.1) is 5.92 Å². The Morgan fingerprint density at radius 1 is 1.24 bits per heavy atom. The lowest BCUT2D eigenvalue weighted by atomic mass is 9.92. The van der Waals surface area contributed by atoms with E-state index in [2.05, 4.69) is 0 Å². The number of fused-ring (bicyclic) bond motifs is 1. The molecule has 0 radical (unpaired) electrons. The predicted octanol–water partition coefficient (Wildman–Crippen LogP) is 4.30. The summed E-state index contributed by atoms with van der Waals surface area (Å²) in [5.74, 6) is 0.838. The molecule has 0 saturated carbocycles. The number of rotatable bonds is 4. The van der Waals surface area contributed by atoms with E-state index in [0.717, 1.165) is 5.56 Å². The summed E-state index contributed by atoms with van der Waals surface area (Å²) in [5, 5.41) is 0. The van der Waals surface area contributed by atoms with E-state index in [0.29, 0.717) is 23.3 Å². The Hall–Kier alpha value is -1.90. The fourth-order valence-electron chi connectivity index (χ4n) is 2.37. The molecule has 1 heterocycles. The Bertz CT molecular complexity index is 622. The van der Waals surface area contributed by atoms with Crippen LogP contribution in [0.1, 0.15) is 67.3 Å². The van der Waals surface area contributed by atoms with Crippen molar-refractivity contribution in [2.75, 3.05) is 0 Å². The molecule has 0 aromatic heterocycles. The van der Waals surface area contributed by atoms with E-state index in [4.69, 9.17) is 4.74 Å². The van der Waals surface area contributed by atoms with E-state index < -0.39 is 5.60 Å². The highest BCUT2D eigenvalue weighted by Gasteiger charge is 2.27. The molecule has 21 heavy (non-hydrogen) atoms. The lowest BCUT2D eigenvalue weighted by Gasteiger charge is -2.29. The van der Waals surface area contributed by atoms with E-state index in [1.54, 1.807) is 12.1 Å². The normalized spacial score (nSPS) is 15.5. The van der Waals surface area contributed by atoms with Crippen LogP contribution in [-0.4, -0.2) is 17.2 Å². The molecule has 1 aliphatic heterocycles. The van der Waals surface area contributed by atoms with Crippen molar-refractivity contribution in [3.63, 3.8) is 0 Å². The van der Waals surface area contributed by atoms with Gasteiger partial charge in [-0.05, 0) is 44.9 Å². The monoisotopic (exact) mass is 286 g/mol. The molecular weight excluding hydrogens is 264 g/mol. The first-order valence-corrected chi connectivity index (χ1v) is 7.30. The lowest BCUT2D eigenvalue weighted by Crippen LogP contribution is -2.29. The maximum absolute atomic E-state index is 12.5. The van der Waals surface area contributed by atoms with Crippen LogP contribution in [0.5, 0.6) is 5.75 Å². The third-order valence-corrected chi connectivity index (χ3v) is 3.45. The number of Topliss-reactive ketones (excluding diaryl/α,β-unsaturated/α-hetero) is 2. The molecule has 0 fully saturated rings. The van der Waals surface area contributed by atoms with Crippen LogP contribution >= 0.6 is 0 Å². The van der Waals surface area contributed by atoms with Crippen LogP contribution in [0.4, 0.5) is 0 Å². The maximum atomic E-state index is 12.5. The van der Waals surface area contributed by atoms with E-state index >= 15 is 0 Å². The minimum atomic E-state index is -0.447. The van der Waals surface area contributed by atoms with Crippen molar-refractivity contribution in [3.8, 4) is 5.75 Å². The summed E-state index contributed by atoms with van der Waals surface area (Å²) in [6, 6.07) is 3.46. The molecule has 0 amide bonds. The number of benzene rings is 1. The Morgan fingerprint density at radius 3 is 2.48 bits per heavy atom. The van der Waals surface area contributed by atoms with Crippen molar-refractivity contribution in [1.82, 2.24) is 0 Å². The molecule has 112 valence electrons. The highest BCUT2D eigenvalue weighted by atomic mass is 16.5. The molecule has 2 rings (SSSR count). The van der Waals surface area contributed by atoms with E-state index in [9.17, 15) is 9.59 Å². The molecular formula is C18H22O3. The number of carbonyl (C=O) groups excluding carboxylic acids is 2. The van der Waals surface area contributed by atoms with Gasteiger partial charge in [0, 0.05) is 17.5 Å². The third kappa shape index (κ3) is 3.41. The van der Waals surface area contributed by atoms with Gasteiger partial charge in [0.15, 0.2) is 11.6 Å². The Labute approximate surface area is 126 Å². The summed E-state index contributed by atoms with van der Waals surface area (Å²) in [5.41, 5.74) is 1.42. The summed E-state index contributed by atoms with van der Waals surface area (Å²) < 4.78 is 5.97. The van der Waals surface area contributed by atoms with Gasteiger partial charge in [-0.3, -0.25) is 9.59 Å². The maximum Gasteiger partial charge on any atom is 0.166 e. The van der Waals surface area contributed by atoms with E-state index in [1.807, 2.05) is 39.8 Å². The van der Waals surface area contributed by atoms with Crippen molar-refractivity contribution < 1.29 is 14.3 Å². The van der Waals surface area contributed by atoms with Crippen LogP contribution in [0.2, 0.25) is 0 Å². The van der Waals surface area contributed by atoms with Crippen molar-refractivity contribution in [2.45, 2.75) is 46.6 Å². The van der Waals surface area contributed by atoms with Gasteiger partial charge in [-0.25, -0.2) is 0 Å². The number of ketones is 2. The zero-order valence-corrected chi connectivity index (χ0v) is 13.3. The largest absolute Gasteiger partial charge is 0.482 e. The average Bonchev–Trinajstić information content (AvgIpc) is 2.35. The second kappa shape index (κ2) is 5.47. The molecule has 3 heteroatoms. The van der Waals surface area contributed by atoms with Gasteiger partial charge in [-0.15, -0.1) is 0 Å². The third-order valence-electron chi connectivity index (χ3n) is 3.45. The first kappa shape index (κ1) is 15.5. The Morgan fingerprint density at radius 2 is 1.90 bits per heavy atom. The molecule has 3 nitrogen and oxygen atoms in total. The molecule has 0 saturated heterocycles. The number of hydrogen-bond donors (Lipinski definition) is 0. The van der Waals surface area contributed by atoms with Crippen LogP contribution in [-0.2, 0) is 0 Å².